The Kier molecular flexibility index (Phi) is 5.25. The molecule has 0 rings (SSSR count). The van der Waals surface area contributed by atoms with Crippen molar-refractivity contribution in [3.8, 4) is 0 Å². The molecule has 0 heterocycles. The van der Waals surface area contributed by atoms with E-state index >= 15 is 0 Å². The van der Waals surface area contributed by atoms with Gasteiger partial charge in [0, 0.05) is 5.57 Å². The molecule has 0 unspecified atom stereocenters. The van der Waals surface area contributed by atoms with Crippen LogP contribution in [0.1, 0.15) is 20.3 Å². The van der Waals surface area contributed by atoms with E-state index in [4.69, 9.17) is 10.2 Å². The summed E-state index contributed by atoms with van der Waals surface area (Å²) < 4.78 is 0. The number of carbonyl (C=O) groups excluding carboxylic acids is 1. The minimum atomic E-state index is -1.90. The van der Waals surface area contributed by atoms with Crippen molar-refractivity contribution in [2.24, 2.45) is 0 Å². The van der Waals surface area contributed by atoms with Gasteiger partial charge in [0.1, 0.15) is 0 Å². The van der Waals surface area contributed by atoms with Crippen molar-refractivity contribution in [3.63, 3.8) is 0 Å². The molecule has 0 aromatic rings. The van der Waals surface area contributed by atoms with Gasteiger partial charge in [0.2, 0.25) is 12.1 Å². The standard InChI is InChI=1S/C9H14O3/c1-3-5-7(6-4-2)8(10)9(11)12/h3,5-6,9,11-12H,4H2,1-2H3/b5-3-,7-6+. The molecule has 0 aromatic heterocycles. The van der Waals surface area contributed by atoms with Crippen LogP contribution < -0.4 is 0 Å². The first-order chi connectivity index (χ1) is 5.63. The molecule has 68 valence electrons. The van der Waals surface area contributed by atoms with Gasteiger partial charge in [-0.05, 0) is 13.3 Å². The molecule has 0 fully saturated rings. The minimum Gasteiger partial charge on any atom is -0.362 e. The third-order valence-corrected chi connectivity index (χ3v) is 1.29. The van der Waals surface area contributed by atoms with Crippen LogP contribution in [0, 0.1) is 0 Å². The Balaban J connectivity index is 4.52. The SMILES string of the molecule is C/C=C\C(=C/CC)C(=O)C(O)O. The van der Waals surface area contributed by atoms with E-state index in [0.717, 1.165) is 0 Å². The summed E-state index contributed by atoms with van der Waals surface area (Å²) in [5, 5.41) is 17.2. The Morgan fingerprint density at radius 1 is 1.50 bits per heavy atom. The molecule has 0 amide bonds. The second-order valence-electron chi connectivity index (χ2n) is 2.31. The van der Waals surface area contributed by atoms with Gasteiger partial charge in [-0.15, -0.1) is 0 Å². The zero-order valence-corrected chi connectivity index (χ0v) is 7.32. The molecule has 0 saturated heterocycles. The predicted molar refractivity (Wildman–Crippen MR) is 46.4 cm³/mol. The van der Waals surface area contributed by atoms with Crippen LogP contribution in [0.2, 0.25) is 0 Å². The number of ketones is 1. The van der Waals surface area contributed by atoms with E-state index in [1.54, 1.807) is 25.2 Å². The number of aliphatic hydroxyl groups excluding tert-OH is 1. The highest BCUT2D eigenvalue weighted by molar-refractivity contribution is 5.99. The van der Waals surface area contributed by atoms with Gasteiger partial charge in [-0.25, -0.2) is 0 Å². The Hall–Kier alpha value is -0.930. The molecule has 0 radical (unpaired) electrons. The van der Waals surface area contributed by atoms with Crippen molar-refractivity contribution in [1.29, 1.82) is 0 Å². The van der Waals surface area contributed by atoms with E-state index in [2.05, 4.69) is 0 Å². The van der Waals surface area contributed by atoms with Crippen LogP contribution in [-0.2, 0) is 4.79 Å². The third kappa shape index (κ3) is 3.46. The van der Waals surface area contributed by atoms with Crippen LogP contribution in [0.15, 0.2) is 23.8 Å². The lowest BCUT2D eigenvalue weighted by atomic mass is 10.1. The lowest BCUT2D eigenvalue weighted by Gasteiger charge is -2.02. The molecule has 0 aliphatic rings. The van der Waals surface area contributed by atoms with Gasteiger partial charge >= 0.3 is 0 Å². The predicted octanol–water partition coefficient (Wildman–Crippen LogP) is 0.779. The number of Topliss-reactive ketones (excluding diaryl/α,β-unsaturated/α-hetero) is 1. The van der Waals surface area contributed by atoms with Crippen LogP contribution in [0.25, 0.3) is 0 Å². The Labute approximate surface area is 72.0 Å². The molecule has 0 spiro atoms. The van der Waals surface area contributed by atoms with Crippen molar-refractivity contribution in [2.75, 3.05) is 0 Å². The Morgan fingerprint density at radius 2 is 2.08 bits per heavy atom. The summed E-state index contributed by atoms with van der Waals surface area (Å²) in [5.41, 5.74) is 0.343. The molecule has 3 heteroatoms. The van der Waals surface area contributed by atoms with Crippen molar-refractivity contribution < 1.29 is 15.0 Å². The average molecular weight is 170 g/mol. The molecule has 2 N–H and O–H groups in total. The van der Waals surface area contributed by atoms with Gasteiger partial charge in [0.05, 0.1) is 0 Å². The van der Waals surface area contributed by atoms with Gasteiger partial charge in [-0.3, -0.25) is 4.79 Å². The highest BCUT2D eigenvalue weighted by atomic mass is 16.5. The molecular weight excluding hydrogens is 156 g/mol. The second-order valence-corrected chi connectivity index (χ2v) is 2.31. The van der Waals surface area contributed by atoms with E-state index < -0.39 is 12.1 Å². The zero-order chi connectivity index (χ0) is 9.56. The van der Waals surface area contributed by atoms with Crippen LogP contribution in [0.3, 0.4) is 0 Å². The first-order valence-corrected chi connectivity index (χ1v) is 3.86. The van der Waals surface area contributed by atoms with Crippen molar-refractivity contribution in [2.45, 2.75) is 26.6 Å². The zero-order valence-electron chi connectivity index (χ0n) is 7.32. The van der Waals surface area contributed by atoms with E-state index in [9.17, 15) is 4.79 Å². The summed E-state index contributed by atoms with van der Waals surface area (Å²) >= 11 is 0. The topological polar surface area (TPSA) is 57.5 Å². The highest BCUT2D eigenvalue weighted by Crippen LogP contribution is 2.03. The quantitative estimate of drug-likeness (QED) is 0.372. The summed E-state index contributed by atoms with van der Waals surface area (Å²) in [6.07, 6.45) is 3.69. The van der Waals surface area contributed by atoms with E-state index in [0.29, 0.717) is 12.0 Å². The molecule has 3 nitrogen and oxygen atoms in total. The molecule has 0 aliphatic carbocycles. The number of hydrogen-bond acceptors (Lipinski definition) is 3. The molecule has 0 aliphatic heterocycles. The van der Waals surface area contributed by atoms with Crippen LogP contribution in [-0.4, -0.2) is 22.3 Å². The first-order valence-electron chi connectivity index (χ1n) is 3.86. The lowest BCUT2D eigenvalue weighted by molar-refractivity contribution is -0.140. The van der Waals surface area contributed by atoms with E-state index in [1.165, 1.54) is 0 Å². The molecule has 12 heavy (non-hydrogen) atoms. The summed E-state index contributed by atoms with van der Waals surface area (Å²) in [6.45, 7) is 3.64. The van der Waals surface area contributed by atoms with Crippen molar-refractivity contribution in [1.82, 2.24) is 0 Å². The molecule has 0 saturated carbocycles. The van der Waals surface area contributed by atoms with Crippen LogP contribution in [0.4, 0.5) is 0 Å². The monoisotopic (exact) mass is 170 g/mol. The fraction of sp³-hybridized carbons (Fsp3) is 0.444. The number of aliphatic hydroxyl groups is 2. The molecule has 0 bridgehead atoms. The molecular formula is C9H14O3. The Morgan fingerprint density at radius 3 is 2.42 bits per heavy atom. The molecule has 0 aromatic carbocycles. The summed E-state index contributed by atoms with van der Waals surface area (Å²) in [4.78, 5) is 11.0. The van der Waals surface area contributed by atoms with Gasteiger partial charge in [0.15, 0.2) is 0 Å². The fourth-order valence-corrected chi connectivity index (χ4v) is 0.799. The third-order valence-electron chi connectivity index (χ3n) is 1.29. The fourth-order valence-electron chi connectivity index (χ4n) is 0.799. The lowest BCUT2D eigenvalue weighted by Crippen LogP contribution is -2.20. The van der Waals surface area contributed by atoms with Crippen LogP contribution >= 0.6 is 0 Å². The Bertz CT molecular complexity index is 202. The molecule has 0 atom stereocenters. The van der Waals surface area contributed by atoms with Crippen LogP contribution in [0.5, 0.6) is 0 Å². The van der Waals surface area contributed by atoms with Crippen molar-refractivity contribution >= 4 is 5.78 Å². The minimum absolute atomic E-state index is 0.343. The van der Waals surface area contributed by atoms with Gasteiger partial charge in [-0.1, -0.05) is 25.2 Å². The number of allylic oxidation sites excluding steroid dienone is 3. The number of rotatable bonds is 4. The smallest absolute Gasteiger partial charge is 0.218 e. The van der Waals surface area contributed by atoms with E-state index in [1.807, 2.05) is 6.92 Å². The summed E-state index contributed by atoms with van der Waals surface area (Å²) in [7, 11) is 0. The van der Waals surface area contributed by atoms with E-state index in [-0.39, 0.29) is 0 Å². The van der Waals surface area contributed by atoms with Gasteiger partial charge in [0.25, 0.3) is 0 Å². The maximum Gasteiger partial charge on any atom is 0.218 e. The maximum absolute atomic E-state index is 11.0. The second kappa shape index (κ2) is 5.69. The number of carbonyl (C=O) groups is 1. The van der Waals surface area contributed by atoms with Crippen molar-refractivity contribution in [3.05, 3.63) is 23.8 Å². The first kappa shape index (κ1) is 11.1. The summed E-state index contributed by atoms with van der Waals surface area (Å²) in [6, 6.07) is 0. The summed E-state index contributed by atoms with van der Waals surface area (Å²) in [5.74, 6) is -0.657. The average Bonchev–Trinajstić information content (AvgIpc) is 2.03. The van der Waals surface area contributed by atoms with Gasteiger partial charge in [-0.2, -0.15) is 0 Å². The largest absolute Gasteiger partial charge is 0.362 e. The van der Waals surface area contributed by atoms with Gasteiger partial charge < -0.3 is 10.2 Å². The normalized spacial score (nSPS) is 12.9. The highest BCUT2D eigenvalue weighted by Gasteiger charge is 2.13. The maximum atomic E-state index is 11.0. The number of hydrogen-bond donors (Lipinski definition) is 2.